The molecule has 9 nitrogen and oxygen atoms in total. The zero-order valence-corrected chi connectivity index (χ0v) is 18.1. The summed E-state index contributed by atoms with van der Waals surface area (Å²) in [6, 6.07) is 0. The van der Waals surface area contributed by atoms with Crippen LogP contribution in [0, 0.1) is 0 Å². The minimum atomic E-state index is -0.517. The summed E-state index contributed by atoms with van der Waals surface area (Å²) in [5, 5.41) is 7.95. The molecule has 9 heteroatoms. The highest BCUT2D eigenvalue weighted by molar-refractivity contribution is 5.68. The van der Waals surface area contributed by atoms with Crippen LogP contribution in [0.5, 0.6) is 0 Å². The van der Waals surface area contributed by atoms with Gasteiger partial charge in [-0.25, -0.2) is 14.4 Å². The van der Waals surface area contributed by atoms with Gasteiger partial charge >= 0.3 is 18.3 Å². The van der Waals surface area contributed by atoms with Crippen LogP contribution in [0.3, 0.4) is 0 Å². The highest BCUT2D eigenvalue weighted by Crippen LogP contribution is 2.07. The van der Waals surface area contributed by atoms with Crippen molar-refractivity contribution in [3.63, 3.8) is 0 Å². The summed E-state index contributed by atoms with van der Waals surface area (Å²) in [5.74, 6) is 0. The molecule has 0 unspecified atom stereocenters. The van der Waals surface area contributed by atoms with Crippen LogP contribution in [0.1, 0.15) is 67.2 Å². The topological polar surface area (TPSA) is 115 Å². The van der Waals surface area contributed by atoms with E-state index in [1.807, 2.05) is 0 Å². The Hall–Kier alpha value is -2.19. The van der Waals surface area contributed by atoms with Crippen LogP contribution in [0.15, 0.2) is 0 Å². The molecule has 0 aromatic rings. The molecule has 0 radical (unpaired) electrons. The third kappa shape index (κ3) is 18.6. The minimum Gasteiger partial charge on any atom is -0.450 e. The molecule has 0 aliphatic rings. The normalized spacial score (nSPS) is 11.4. The minimum absolute atomic E-state index is 0.280. The van der Waals surface area contributed by atoms with Gasteiger partial charge in [0.1, 0.15) is 11.2 Å². The molecule has 3 amide bonds. The maximum atomic E-state index is 11.5. The van der Waals surface area contributed by atoms with Gasteiger partial charge in [0.25, 0.3) is 0 Å². The standard InChI is InChI=1S/C19H37N3O6/c1-18(2,3)27-16(24)21-12-8-7-11-20-15(23)26-14-10-9-13-22-17(25)28-19(4,5)6/h7-14H2,1-6H3,(H,20,23)(H,21,24)(H,22,25). The van der Waals surface area contributed by atoms with Crippen LogP contribution in [0.4, 0.5) is 14.4 Å². The lowest BCUT2D eigenvalue weighted by Crippen LogP contribution is -2.33. The van der Waals surface area contributed by atoms with Gasteiger partial charge in [0.05, 0.1) is 6.61 Å². The van der Waals surface area contributed by atoms with Crippen LogP contribution >= 0.6 is 0 Å². The van der Waals surface area contributed by atoms with Crippen molar-refractivity contribution in [1.82, 2.24) is 16.0 Å². The predicted octanol–water partition coefficient (Wildman–Crippen LogP) is 3.32. The number of rotatable bonds is 10. The highest BCUT2D eigenvalue weighted by Gasteiger charge is 2.16. The van der Waals surface area contributed by atoms with E-state index in [9.17, 15) is 14.4 Å². The molecular formula is C19H37N3O6. The second-order valence-corrected chi connectivity index (χ2v) is 8.33. The van der Waals surface area contributed by atoms with Gasteiger partial charge in [-0.2, -0.15) is 0 Å². The van der Waals surface area contributed by atoms with Crippen molar-refractivity contribution >= 4 is 18.3 Å². The molecule has 28 heavy (non-hydrogen) atoms. The zero-order valence-electron chi connectivity index (χ0n) is 18.1. The molecule has 0 saturated heterocycles. The lowest BCUT2D eigenvalue weighted by atomic mass is 10.2. The van der Waals surface area contributed by atoms with E-state index in [-0.39, 0.29) is 6.61 Å². The molecule has 0 fully saturated rings. The van der Waals surface area contributed by atoms with E-state index in [0.29, 0.717) is 38.9 Å². The molecule has 0 atom stereocenters. The molecular weight excluding hydrogens is 366 g/mol. The average Bonchev–Trinajstić information content (AvgIpc) is 2.50. The van der Waals surface area contributed by atoms with E-state index < -0.39 is 29.5 Å². The van der Waals surface area contributed by atoms with E-state index in [1.54, 1.807) is 41.5 Å². The van der Waals surface area contributed by atoms with E-state index in [4.69, 9.17) is 14.2 Å². The summed E-state index contributed by atoms with van der Waals surface area (Å²) in [6.45, 7) is 12.5. The van der Waals surface area contributed by atoms with E-state index in [1.165, 1.54) is 0 Å². The number of alkyl carbamates (subject to hydrolysis) is 3. The lowest BCUT2D eigenvalue weighted by Gasteiger charge is -2.19. The molecule has 0 rings (SSSR count). The van der Waals surface area contributed by atoms with Gasteiger partial charge < -0.3 is 30.2 Å². The molecule has 0 spiro atoms. The summed E-state index contributed by atoms with van der Waals surface area (Å²) < 4.78 is 15.3. The lowest BCUT2D eigenvalue weighted by molar-refractivity contribution is 0.0515. The molecule has 0 heterocycles. The highest BCUT2D eigenvalue weighted by atomic mass is 16.6. The van der Waals surface area contributed by atoms with Crippen molar-refractivity contribution in [1.29, 1.82) is 0 Å². The van der Waals surface area contributed by atoms with Crippen molar-refractivity contribution in [3.8, 4) is 0 Å². The third-order valence-electron chi connectivity index (χ3n) is 3.01. The van der Waals surface area contributed by atoms with Crippen LogP contribution in [0.25, 0.3) is 0 Å². The van der Waals surface area contributed by atoms with Crippen LogP contribution in [-0.4, -0.2) is 55.7 Å². The predicted molar refractivity (Wildman–Crippen MR) is 106 cm³/mol. The first-order chi connectivity index (χ1) is 12.9. The van der Waals surface area contributed by atoms with Crippen LogP contribution < -0.4 is 16.0 Å². The maximum Gasteiger partial charge on any atom is 0.407 e. The number of carbonyl (C=O) groups is 3. The van der Waals surface area contributed by atoms with E-state index in [2.05, 4.69) is 16.0 Å². The van der Waals surface area contributed by atoms with Gasteiger partial charge in [-0.05, 0) is 67.2 Å². The van der Waals surface area contributed by atoms with Crippen LogP contribution in [-0.2, 0) is 14.2 Å². The fraction of sp³-hybridized carbons (Fsp3) is 0.842. The zero-order chi connectivity index (χ0) is 21.6. The van der Waals surface area contributed by atoms with Gasteiger partial charge in [0, 0.05) is 19.6 Å². The van der Waals surface area contributed by atoms with Gasteiger partial charge in [0.2, 0.25) is 0 Å². The summed E-state index contributed by atoms with van der Waals surface area (Å²) in [4.78, 5) is 34.4. The first kappa shape index (κ1) is 25.8. The molecule has 0 aliphatic heterocycles. The van der Waals surface area contributed by atoms with E-state index >= 15 is 0 Å². The number of nitrogens with one attached hydrogen (secondary N) is 3. The summed E-state index contributed by atoms with van der Waals surface area (Å²) in [7, 11) is 0. The van der Waals surface area contributed by atoms with Gasteiger partial charge in [0.15, 0.2) is 0 Å². The summed E-state index contributed by atoms with van der Waals surface area (Å²) in [6.07, 6.45) is 1.39. The maximum absolute atomic E-state index is 11.5. The largest absolute Gasteiger partial charge is 0.450 e. The Bertz CT molecular complexity index is 441. The van der Waals surface area contributed by atoms with Crippen LogP contribution in [0.2, 0.25) is 0 Å². The Labute approximate surface area is 168 Å². The fourth-order valence-electron chi connectivity index (χ4n) is 1.89. The van der Waals surface area contributed by atoms with Crippen molar-refractivity contribution in [2.75, 3.05) is 26.2 Å². The van der Waals surface area contributed by atoms with Gasteiger partial charge in [-0.15, -0.1) is 0 Å². The number of amides is 3. The molecule has 0 bridgehead atoms. The number of hydrogen-bond acceptors (Lipinski definition) is 6. The number of carbonyl (C=O) groups excluding carboxylic acids is 3. The van der Waals surface area contributed by atoms with Gasteiger partial charge in [-0.1, -0.05) is 0 Å². The summed E-state index contributed by atoms with van der Waals surface area (Å²) >= 11 is 0. The Kier molecular flexibility index (Phi) is 12.0. The smallest absolute Gasteiger partial charge is 0.407 e. The second-order valence-electron chi connectivity index (χ2n) is 8.33. The quantitative estimate of drug-likeness (QED) is 0.381. The third-order valence-corrected chi connectivity index (χ3v) is 3.01. The molecule has 0 saturated carbocycles. The second kappa shape index (κ2) is 13.1. The monoisotopic (exact) mass is 403 g/mol. The number of ether oxygens (including phenoxy) is 3. The van der Waals surface area contributed by atoms with E-state index in [0.717, 1.165) is 6.42 Å². The Morgan fingerprint density at radius 1 is 0.607 bits per heavy atom. The molecule has 0 aliphatic carbocycles. The number of hydrogen-bond donors (Lipinski definition) is 3. The fourth-order valence-corrected chi connectivity index (χ4v) is 1.89. The molecule has 3 N–H and O–H groups in total. The molecule has 0 aromatic heterocycles. The molecule has 0 aromatic carbocycles. The van der Waals surface area contributed by atoms with Crippen molar-refractivity contribution < 1.29 is 28.6 Å². The first-order valence-corrected chi connectivity index (χ1v) is 9.73. The number of unbranched alkanes of at least 4 members (excludes halogenated alkanes) is 2. The summed E-state index contributed by atoms with van der Waals surface area (Å²) in [5.41, 5.74) is -1.03. The van der Waals surface area contributed by atoms with Gasteiger partial charge in [-0.3, -0.25) is 0 Å². The Morgan fingerprint density at radius 3 is 1.36 bits per heavy atom. The Morgan fingerprint density at radius 2 is 0.964 bits per heavy atom. The average molecular weight is 404 g/mol. The first-order valence-electron chi connectivity index (χ1n) is 9.73. The molecule has 164 valence electrons. The van der Waals surface area contributed by atoms with Crippen molar-refractivity contribution in [2.24, 2.45) is 0 Å². The van der Waals surface area contributed by atoms with Crippen molar-refractivity contribution in [2.45, 2.75) is 78.4 Å². The SMILES string of the molecule is CC(C)(C)OC(=O)NCCCCNC(=O)OCCCCNC(=O)OC(C)(C)C. The Balaban J connectivity index is 3.49. The van der Waals surface area contributed by atoms with Crippen molar-refractivity contribution in [3.05, 3.63) is 0 Å².